The van der Waals surface area contributed by atoms with E-state index < -0.39 is 0 Å². The third-order valence-electron chi connectivity index (χ3n) is 3.92. The van der Waals surface area contributed by atoms with E-state index >= 15 is 0 Å². The quantitative estimate of drug-likeness (QED) is 0.851. The van der Waals surface area contributed by atoms with Crippen molar-refractivity contribution < 1.29 is 0 Å². The second-order valence-electron chi connectivity index (χ2n) is 5.63. The number of nitrogens with zero attached hydrogens (tertiary/aromatic N) is 1. The van der Waals surface area contributed by atoms with Gasteiger partial charge >= 0.3 is 0 Å². The Morgan fingerprint density at radius 1 is 1.29 bits per heavy atom. The molecule has 1 fully saturated rings. The largest absolute Gasteiger partial charge is 0.382 e. The van der Waals surface area contributed by atoms with Crippen LogP contribution in [0, 0.1) is 18.8 Å². The second-order valence-corrected chi connectivity index (χ2v) is 5.63. The molecule has 1 N–H and O–H groups in total. The molecule has 2 rings (SSSR count). The van der Waals surface area contributed by atoms with Gasteiger partial charge < -0.3 is 5.32 Å². The summed E-state index contributed by atoms with van der Waals surface area (Å²) in [7, 11) is 0. The number of hydrogen-bond donors (Lipinski definition) is 1. The van der Waals surface area contributed by atoms with E-state index in [-0.39, 0.29) is 0 Å². The molecular weight excluding hydrogens is 208 g/mol. The summed E-state index contributed by atoms with van der Waals surface area (Å²) < 4.78 is 0. The predicted octanol–water partition coefficient (Wildman–Crippen LogP) is 4.02. The molecule has 0 radical (unpaired) electrons. The minimum Gasteiger partial charge on any atom is -0.382 e. The van der Waals surface area contributed by atoms with Crippen LogP contribution < -0.4 is 5.32 Å². The molecule has 0 spiro atoms. The topological polar surface area (TPSA) is 24.9 Å². The van der Waals surface area contributed by atoms with Crippen molar-refractivity contribution in [2.45, 2.75) is 52.5 Å². The van der Waals surface area contributed by atoms with Crippen LogP contribution in [-0.4, -0.2) is 11.0 Å². The Kier molecular flexibility index (Phi) is 4.03. The molecule has 2 atom stereocenters. The Morgan fingerprint density at radius 3 is 2.76 bits per heavy atom. The predicted molar refractivity (Wildman–Crippen MR) is 73.2 cm³/mol. The fourth-order valence-corrected chi connectivity index (χ4v) is 2.99. The zero-order valence-electron chi connectivity index (χ0n) is 11.2. The Morgan fingerprint density at radius 2 is 2.06 bits per heavy atom. The highest BCUT2D eigenvalue weighted by atomic mass is 14.9. The van der Waals surface area contributed by atoms with Gasteiger partial charge in [0.15, 0.2) is 0 Å². The number of hydrogen-bond acceptors (Lipinski definition) is 2. The van der Waals surface area contributed by atoms with Crippen LogP contribution in [0.2, 0.25) is 0 Å². The van der Waals surface area contributed by atoms with E-state index in [0.29, 0.717) is 6.04 Å². The molecular formula is C15H24N2. The lowest BCUT2D eigenvalue weighted by Crippen LogP contribution is -2.35. The number of pyridine rings is 1. The molecule has 94 valence electrons. The van der Waals surface area contributed by atoms with Crippen molar-refractivity contribution in [1.29, 1.82) is 0 Å². The van der Waals surface area contributed by atoms with Gasteiger partial charge in [0.2, 0.25) is 0 Å². The van der Waals surface area contributed by atoms with Crippen molar-refractivity contribution in [2.75, 3.05) is 5.32 Å². The van der Waals surface area contributed by atoms with Crippen LogP contribution >= 0.6 is 0 Å². The van der Waals surface area contributed by atoms with Gasteiger partial charge in [0.1, 0.15) is 0 Å². The fraction of sp³-hybridized carbons (Fsp3) is 0.667. The third-order valence-corrected chi connectivity index (χ3v) is 3.92. The molecule has 1 aliphatic rings. The van der Waals surface area contributed by atoms with Crippen LogP contribution in [0.4, 0.5) is 5.69 Å². The van der Waals surface area contributed by atoms with Crippen molar-refractivity contribution in [2.24, 2.45) is 11.8 Å². The van der Waals surface area contributed by atoms with Crippen molar-refractivity contribution in [3.63, 3.8) is 0 Å². The Bertz CT molecular complexity index is 360. The van der Waals surface area contributed by atoms with Gasteiger partial charge in [0.05, 0.1) is 0 Å². The number of rotatable bonds is 3. The lowest BCUT2D eigenvalue weighted by atomic mass is 9.78. The molecule has 17 heavy (non-hydrogen) atoms. The van der Waals surface area contributed by atoms with E-state index in [9.17, 15) is 0 Å². The van der Waals surface area contributed by atoms with Crippen molar-refractivity contribution in [3.8, 4) is 0 Å². The van der Waals surface area contributed by atoms with E-state index in [1.54, 1.807) is 0 Å². The Hall–Kier alpha value is -1.05. The summed E-state index contributed by atoms with van der Waals surface area (Å²) in [6.07, 6.45) is 7.34. The van der Waals surface area contributed by atoms with Gasteiger partial charge in [-0.05, 0) is 43.7 Å². The van der Waals surface area contributed by atoms with Crippen molar-refractivity contribution in [3.05, 3.63) is 24.0 Å². The first-order valence-corrected chi connectivity index (χ1v) is 6.86. The first kappa shape index (κ1) is 12.4. The van der Waals surface area contributed by atoms with Crippen molar-refractivity contribution >= 4 is 5.69 Å². The maximum absolute atomic E-state index is 4.25. The Balaban J connectivity index is 2.05. The SMILES string of the molecule is Cc1cc(NC2CCCCC2C(C)C)ccn1. The number of aryl methyl sites for hydroxylation is 1. The maximum atomic E-state index is 4.25. The summed E-state index contributed by atoms with van der Waals surface area (Å²) >= 11 is 0. The standard InChI is InChI=1S/C15H24N2/c1-11(2)14-6-4-5-7-15(14)17-13-8-9-16-12(3)10-13/h8-11,14-15H,4-7H2,1-3H3,(H,16,17). The molecule has 1 aliphatic carbocycles. The van der Waals surface area contributed by atoms with E-state index in [2.05, 4.69) is 36.3 Å². The first-order chi connectivity index (χ1) is 8.16. The van der Waals surface area contributed by atoms with Crippen molar-refractivity contribution in [1.82, 2.24) is 4.98 Å². The van der Waals surface area contributed by atoms with Gasteiger partial charge in [0, 0.05) is 23.6 Å². The third kappa shape index (κ3) is 3.21. The van der Waals surface area contributed by atoms with Gasteiger partial charge in [-0.2, -0.15) is 0 Å². The highest BCUT2D eigenvalue weighted by Crippen LogP contribution is 2.32. The lowest BCUT2D eigenvalue weighted by molar-refractivity contribution is 0.254. The highest BCUT2D eigenvalue weighted by Gasteiger charge is 2.27. The average Bonchev–Trinajstić information content (AvgIpc) is 2.29. The molecule has 0 amide bonds. The summed E-state index contributed by atoms with van der Waals surface area (Å²) in [5.74, 6) is 1.59. The molecule has 0 aromatic carbocycles. The molecule has 2 heteroatoms. The molecule has 1 saturated carbocycles. The monoisotopic (exact) mass is 232 g/mol. The minimum atomic E-state index is 0.644. The van der Waals surface area contributed by atoms with Gasteiger partial charge in [-0.15, -0.1) is 0 Å². The average molecular weight is 232 g/mol. The van der Waals surface area contributed by atoms with Crippen LogP contribution in [0.25, 0.3) is 0 Å². The Labute approximate surface area is 105 Å². The second kappa shape index (κ2) is 5.52. The smallest absolute Gasteiger partial charge is 0.0393 e. The molecule has 1 heterocycles. The van der Waals surface area contributed by atoms with E-state index in [4.69, 9.17) is 0 Å². The number of nitrogens with one attached hydrogen (secondary N) is 1. The van der Waals surface area contributed by atoms with Crippen LogP contribution in [0.3, 0.4) is 0 Å². The van der Waals surface area contributed by atoms with Gasteiger partial charge in [-0.1, -0.05) is 26.7 Å². The first-order valence-electron chi connectivity index (χ1n) is 6.86. The van der Waals surface area contributed by atoms with Crippen LogP contribution in [0.15, 0.2) is 18.3 Å². The lowest BCUT2D eigenvalue weighted by Gasteiger charge is -2.35. The molecule has 2 unspecified atom stereocenters. The maximum Gasteiger partial charge on any atom is 0.0393 e. The molecule has 2 nitrogen and oxygen atoms in total. The normalized spacial score (nSPS) is 24.9. The summed E-state index contributed by atoms with van der Waals surface area (Å²) in [4.78, 5) is 4.25. The van der Waals surface area contributed by atoms with Gasteiger partial charge in [-0.25, -0.2) is 0 Å². The van der Waals surface area contributed by atoms with E-state index in [0.717, 1.165) is 17.5 Å². The minimum absolute atomic E-state index is 0.644. The molecule has 1 aromatic heterocycles. The molecule has 0 aliphatic heterocycles. The van der Waals surface area contributed by atoms with Crippen LogP contribution in [0.5, 0.6) is 0 Å². The van der Waals surface area contributed by atoms with Gasteiger partial charge in [0.25, 0.3) is 0 Å². The summed E-state index contributed by atoms with van der Waals surface area (Å²) in [6.45, 7) is 6.75. The summed E-state index contributed by atoms with van der Waals surface area (Å²) in [5.41, 5.74) is 2.32. The summed E-state index contributed by atoms with van der Waals surface area (Å²) in [6, 6.07) is 4.87. The molecule has 0 bridgehead atoms. The number of aromatic nitrogens is 1. The number of anilines is 1. The van der Waals surface area contributed by atoms with E-state index in [1.165, 1.54) is 31.4 Å². The van der Waals surface area contributed by atoms with E-state index in [1.807, 2.05) is 13.1 Å². The van der Waals surface area contributed by atoms with Gasteiger partial charge in [-0.3, -0.25) is 4.98 Å². The highest BCUT2D eigenvalue weighted by molar-refractivity contribution is 5.44. The van der Waals surface area contributed by atoms with Crippen LogP contribution in [-0.2, 0) is 0 Å². The molecule has 0 saturated heterocycles. The summed E-state index contributed by atoms with van der Waals surface area (Å²) in [5, 5.41) is 3.71. The van der Waals surface area contributed by atoms with Crippen LogP contribution in [0.1, 0.15) is 45.2 Å². The zero-order chi connectivity index (χ0) is 12.3. The fourth-order valence-electron chi connectivity index (χ4n) is 2.99. The zero-order valence-corrected chi connectivity index (χ0v) is 11.2. The molecule has 1 aromatic rings.